The number of fused-ring (bicyclic) bond motifs is 5. The molecule has 3 aliphatic rings. The molecular formula is C20H25NO. The number of aryl methyl sites for hydroxylation is 1. The molecule has 0 radical (unpaired) electrons. The van der Waals surface area contributed by atoms with E-state index in [1.54, 1.807) is 0 Å². The third-order valence-electron chi connectivity index (χ3n) is 6.97. The molecule has 4 atom stereocenters. The average molecular weight is 295 g/mol. The van der Waals surface area contributed by atoms with E-state index in [-0.39, 0.29) is 0 Å². The first kappa shape index (κ1) is 14.1. The van der Waals surface area contributed by atoms with Crippen molar-refractivity contribution in [3.8, 4) is 11.8 Å². The summed E-state index contributed by atoms with van der Waals surface area (Å²) in [7, 11) is 0. The van der Waals surface area contributed by atoms with Crippen LogP contribution in [-0.2, 0) is 12.8 Å². The monoisotopic (exact) mass is 295 g/mol. The van der Waals surface area contributed by atoms with Gasteiger partial charge in [0.05, 0.1) is 12.5 Å². The van der Waals surface area contributed by atoms with Crippen molar-refractivity contribution in [2.75, 3.05) is 0 Å². The molecular weight excluding hydrogens is 270 g/mol. The molecule has 0 aromatic heterocycles. The van der Waals surface area contributed by atoms with Crippen LogP contribution in [0.5, 0.6) is 5.75 Å². The molecule has 2 saturated carbocycles. The summed E-state index contributed by atoms with van der Waals surface area (Å²) in [5.74, 6) is 2.71. The number of phenols is 1. The Labute approximate surface area is 133 Å². The second kappa shape index (κ2) is 5.01. The second-order valence-electron chi connectivity index (χ2n) is 8.02. The molecule has 1 aromatic rings. The predicted molar refractivity (Wildman–Crippen MR) is 86.7 cm³/mol. The van der Waals surface area contributed by atoms with Gasteiger partial charge in [0.2, 0.25) is 0 Å². The maximum absolute atomic E-state index is 10.1. The molecule has 4 rings (SSSR count). The van der Waals surface area contributed by atoms with E-state index in [1.807, 2.05) is 6.07 Å². The molecule has 2 heteroatoms. The third-order valence-corrected chi connectivity index (χ3v) is 6.97. The van der Waals surface area contributed by atoms with Gasteiger partial charge in [0.25, 0.3) is 0 Å². The Morgan fingerprint density at radius 2 is 2.14 bits per heavy atom. The molecule has 0 bridgehead atoms. The molecule has 3 aliphatic carbocycles. The van der Waals surface area contributed by atoms with Gasteiger partial charge < -0.3 is 5.11 Å². The highest BCUT2D eigenvalue weighted by Crippen LogP contribution is 2.61. The minimum Gasteiger partial charge on any atom is -0.508 e. The van der Waals surface area contributed by atoms with Crippen LogP contribution in [0.25, 0.3) is 0 Å². The van der Waals surface area contributed by atoms with Crippen LogP contribution in [0.3, 0.4) is 0 Å². The number of hydrogen-bond acceptors (Lipinski definition) is 2. The fourth-order valence-electron chi connectivity index (χ4n) is 5.88. The van der Waals surface area contributed by atoms with Gasteiger partial charge in [-0.15, -0.1) is 0 Å². The van der Waals surface area contributed by atoms with Gasteiger partial charge >= 0.3 is 0 Å². The van der Waals surface area contributed by atoms with Crippen molar-refractivity contribution >= 4 is 0 Å². The molecule has 0 spiro atoms. The van der Waals surface area contributed by atoms with Crippen molar-refractivity contribution in [3.05, 3.63) is 28.8 Å². The number of rotatable bonds is 1. The van der Waals surface area contributed by atoms with Crippen molar-refractivity contribution < 1.29 is 5.11 Å². The van der Waals surface area contributed by atoms with Crippen molar-refractivity contribution in [3.63, 3.8) is 0 Å². The van der Waals surface area contributed by atoms with Crippen molar-refractivity contribution in [1.82, 2.24) is 0 Å². The summed E-state index contributed by atoms with van der Waals surface area (Å²) in [6, 6.07) is 6.29. The Balaban J connectivity index is 1.72. The predicted octanol–water partition coefficient (Wildman–Crippen LogP) is 4.70. The Hall–Kier alpha value is -1.49. The molecule has 22 heavy (non-hydrogen) atoms. The summed E-state index contributed by atoms with van der Waals surface area (Å²) >= 11 is 0. The zero-order chi connectivity index (χ0) is 15.3. The van der Waals surface area contributed by atoms with Crippen LogP contribution >= 0.6 is 0 Å². The SMILES string of the molecule is C[C@@]12CCC[C@H]1[C@@H]1CCc3cc(O)c(CC#N)cc3[C@H]1CC2. The smallest absolute Gasteiger partial charge is 0.120 e. The van der Waals surface area contributed by atoms with E-state index in [9.17, 15) is 5.11 Å². The lowest BCUT2D eigenvalue weighted by Crippen LogP contribution is -2.39. The number of nitrogens with zero attached hydrogens (tertiary/aromatic N) is 1. The highest BCUT2D eigenvalue weighted by molar-refractivity contribution is 5.46. The molecule has 116 valence electrons. The normalized spacial score (nSPS) is 36.1. The number of phenolic OH excluding ortho intramolecular Hbond substituents is 1. The zero-order valence-electron chi connectivity index (χ0n) is 13.4. The van der Waals surface area contributed by atoms with Crippen LogP contribution in [0.2, 0.25) is 0 Å². The topological polar surface area (TPSA) is 44.0 Å². The zero-order valence-corrected chi connectivity index (χ0v) is 13.4. The maximum atomic E-state index is 10.1. The first-order valence-corrected chi connectivity index (χ1v) is 8.84. The number of nitriles is 1. The molecule has 2 nitrogen and oxygen atoms in total. The van der Waals surface area contributed by atoms with E-state index in [0.717, 1.165) is 23.8 Å². The maximum Gasteiger partial charge on any atom is 0.120 e. The average Bonchev–Trinajstić information content (AvgIpc) is 2.90. The van der Waals surface area contributed by atoms with E-state index < -0.39 is 0 Å². The minimum atomic E-state index is 0.317. The Bertz CT molecular complexity index is 644. The van der Waals surface area contributed by atoms with Crippen LogP contribution in [0, 0.1) is 28.6 Å². The lowest BCUT2D eigenvalue weighted by Gasteiger charge is -2.49. The second-order valence-corrected chi connectivity index (χ2v) is 8.02. The number of benzene rings is 1. The van der Waals surface area contributed by atoms with E-state index >= 15 is 0 Å². The van der Waals surface area contributed by atoms with Crippen LogP contribution in [0.15, 0.2) is 12.1 Å². The van der Waals surface area contributed by atoms with Gasteiger partial charge in [-0.2, -0.15) is 5.26 Å². The van der Waals surface area contributed by atoms with Crippen LogP contribution < -0.4 is 0 Å². The number of aromatic hydroxyl groups is 1. The molecule has 0 aliphatic heterocycles. The minimum absolute atomic E-state index is 0.317. The quantitative estimate of drug-likeness (QED) is 0.815. The molecule has 0 unspecified atom stereocenters. The van der Waals surface area contributed by atoms with Gasteiger partial charge in [0.15, 0.2) is 0 Å². The molecule has 0 heterocycles. The summed E-state index contributed by atoms with van der Waals surface area (Å²) in [6.07, 6.45) is 9.59. The van der Waals surface area contributed by atoms with Gasteiger partial charge in [-0.05, 0) is 78.9 Å². The summed E-state index contributed by atoms with van der Waals surface area (Å²) in [5, 5.41) is 19.1. The summed E-state index contributed by atoms with van der Waals surface area (Å²) in [4.78, 5) is 0. The van der Waals surface area contributed by atoms with E-state index in [4.69, 9.17) is 5.26 Å². The Kier molecular flexibility index (Phi) is 3.22. The highest BCUT2D eigenvalue weighted by atomic mass is 16.3. The molecule has 1 N–H and O–H groups in total. The Morgan fingerprint density at radius 1 is 1.27 bits per heavy atom. The lowest BCUT2D eigenvalue weighted by molar-refractivity contribution is 0.0598. The fraction of sp³-hybridized carbons (Fsp3) is 0.650. The first-order chi connectivity index (χ1) is 10.6. The van der Waals surface area contributed by atoms with E-state index in [2.05, 4.69) is 19.1 Å². The summed E-state index contributed by atoms with van der Waals surface area (Å²) in [6.45, 7) is 2.52. The van der Waals surface area contributed by atoms with Crippen LogP contribution in [-0.4, -0.2) is 5.11 Å². The van der Waals surface area contributed by atoms with Crippen LogP contribution in [0.1, 0.15) is 68.1 Å². The van der Waals surface area contributed by atoms with Crippen molar-refractivity contribution in [2.45, 2.75) is 64.2 Å². The van der Waals surface area contributed by atoms with Gasteiger partial charge in [-0.3, -0.25) is 0 Å². The lowest BCUT2D eigenvalue weighted by atomic mass is 9.56. The van der Waals surface area contributed by atoms with Gasteiger partial charge in [-0.25, -0.2) is 0 Å². The summed E-state index contributed by atoms with van der Waals surface area (Å²) < 4.78 is 0. The third kappa shape index (κ3) is 1.98. The highest BCUT2D eigenvalue weighted by Gasteiger charge is 2.50. The first-order valence-electron chi connectivity index (χ1n) is 8.84. The molecule has 0 amide bonds. The van der Waals surface area contributed by atoms with E-state index in [0.29, 0.717) is 23.5 Å². The van der Waals surface area contributed by atoms with Crippen molar-refractivity contribution in [2.24, 2.45) is 17.3 Å². The van der Waals surface area contributed by atoms with Crippen molar-refractivity contribution in [1.29, 1.82) is 5.26 Å². The molecule has 1 aromatic carbocycles. The number of hydrogen-bond donors (Lipinski definition) is 1. The standard InChI is InChI=1S/C20H25NO/c1-20-8-2-3-18(20)16-5-4-13-12-19(22)14(7-10-21)11-17(13)15(16)6-9-20/h11-12,15-16,18,22H,2-9H2,1H3/t15-,16+,18-,20-/m0/s1. The van der Waals surface area contributed by atoms with E-state index in [1.165, 1.54) is 49.7 Å². The fourth-order valence-corrected chi connectivity index (χ4v) is 5.88. The van der Waals surface area contributed by atoms with Gasteiger partial charge in [-0.1, -0.05) is 19.4 Å². The molecule has 2 fully saturated rings. The van der Waals surface area contributed by atoms with Gasteiger partial charge in [0, 0.05) is 5.56 Å². The van der Waals surface area contributed by atoms with Crippen LogP contribution in [0.4, 0.5) is 0 Å². The Morgan fingerprint density at radius 3 is 2.95 bits per heavy atom. The molecule has 0 saturated heterocycles. The summed E-state index contributed by atoms with van der Waals surface area (Å²) in [5.41, 5.74) is 4.20. The van der Waals surface area contributed by atoms with Gasteiger partial charge in [0.1, 0.15) is 5.75 Å². The largest absolute Gasteiger partial charge is 0.508 e.